The van der Waals surface area contributed by atoms with E-state index < -0.39 is 46.6 Å². The van der Waals surface area contributed by atoms with E-state index in [0.717, 1.165) is 21.6 Å². The lowest BCUT2D eigenvalue weighted by Gasteiger charge is -2.33. The van der Waals surface area contributed by atoms with E-state index >= 15 is 8.78 Å². The largest absolute Gasteiger partial charge is 0.368 e. The minimum absolute atomic E-state index is 0.0889. The fourth-order valence-electron chi connectivity index (χ4n) is 4.18. The molecule has 3 atom stereocenters. The average molecular weight is 465 g/mol. The van der Waals surface area contributed by atoms with Crippen LogP contribution in [0.5, 0.6) is 0 Å². The standard InChI is InChI=1S/C23H26F2N2O4S/c1-2-32(29,30)26-21-19(27(15-23(21,24)25)22(28)20-11-12-31-20)14-16-7-6-10-18(13-16)17-8-4-3-5-9-17/h3-10,13,19-21,26H,2,11-12,14-15H2,1H3/t19-,20?,21+/m0/s1. The second kappa shape index (κ2) is 8.88. The third-order valence-corrected chi connectivity index (χ3v) is 7.42. The first-order valence-electron chi connectivity index (χ1n) is 10.6. The summed E-state index contributed by atoms with van der Waals surface area (Å²) in [5.41, 5.74) is 2.63. The van der Waals surface area contributed by atoms with Gasteiger partial charge in [-0.2, -0.15) is 0 Å². The number of halogens is 2. The zero-order valence-electron chi connectivity index (χ0n) is 17.7. The molecule has 2 aromatic carbocycles. The van der Waals surface area contributed by atoms with Crippen LogP contribution >= 0.6 is 0 Å². The molecule has 0 spiro atoms. The number of hydrogen-bond donors (Lipinski definition) is 1. The number of hydrogen-bond acceptors (Lipinski definition) is 4. The smallest absolute Gasteiger partial charge is 0.283 e. The Kier molecular flexibility index (Phi) is 6.33. The van der Waals surface area contributed by atoms with Gasteiger partial charge >= 0.3 is 0 Å². The van der Waals surface area contributed by atoms with Gasteiger partial charge in [0.15, 0.2) is 0 Å². The number of ether oxygens (including phenoxy) is 1. The molecule has 1 unspecified atom stereocenters. The van der Waals surface area contributed by atoms with Crippen molar-refractivity contribution in [3.8, 4) is 11.1 Å². The number of benzene rings is 2. The molecule has 0 aliphatic carbocycles. The van der Waals surface area contributed by atoms with Gasteiger partial charge in [0.25, 0.3) is 11.8 Å². The maximum Gasteiger partial charge on any atom is 0.283 e. The van der Waals surface area contributed by atoms with E-state index in [2.05, 4.69) is 4.72 Å². The Hall–Kier alpha value is -2.36. The number of nitrogens with zero attached hydrogens (tertiary/aromatic N) is 1. The van der Waals surface area contributed by atoms with Gasteiger partial charge in [-0.15, -0.1) is 0 Å². The Bertz CT molecular complexity index is 1070. The number of amides is 1. The quantitative estimate of drug-likeness (QED) is 0.684. The summed E-state index contributed by atoms with van der Waals surface area (Å²) in [7, 11) is -3.91. The molecule has 2 fully saturated rings. The van der Waals surface area contributed by atoms with Crippen molar-refractivity contribution in [2.75, 3.05) is 18.9 Å². The summed E-state index contributed by atoms with van der Waals surface area (Å²) in [4.78, 5) is 14.0. The fraction of sp³-hybridized carbons (Fsp3) is 0.435. The highest BCUT2D eigenvalue weighted by Crippen LogP contribution is 2.36. The van der Waals surface area contributed by atoms with Gasteiger partial charge in [0.05, 0.1) is 24.9 Å². The molecule has 4 rings (SSSR count). The monoisotopic (exact) mass is 464 g/mol. The van der Waals surface area contributed by atoms with Crippen molar-refractivity contribution >= 4 is 15.9 Å². The number of carbonyl (C=O) groups is 1. The first kappa shape index (κ1) is 22.8. The van der Waals surface area contributed by atoms with Crippen LogP contribution in [-0.2, 0) is 26.0 Å². The number of carbonyl (C=O) groups excluding carboxylic acids is 1. The molecule has 9 heteroatoms. The lowest BCUT2D eigenvalue weighted by Crippen LogP contribution is -2.54. The molecule has 1 N–H and O–H groups in total. The highest BCUT2D eigenvalue weighted by atomic mass is 32.2. The summed E-state index contributed by atoms with van der Waals surface area (Å²) in [6.07, 6.45) is -0.181. The fourth-order valence-corrected chi connectivity index (χ4v) is 5.06. The van der Waals surface area contributed by atoms with Crippen LogP contribution in [0.2, 0.25) is 0 Å². The zero-order chi connectivity index (χ0) is 22.9. The van der Waals surface area contributed by atoms with E-state index in [1.807, 2.05) is 48.5 Å². The van der Waals surface area contributed by atoms with Gasteiger partial charge in [0.1, 0.15) is 12.1 Å². The molecule has 2 aliphatic heterocycles. The Labute approximate surface area is 186 Å². The normalized spacial score (nSPS) is 24.8. The number of alkyl halides is 2. The predicted octanol–water partition coefficient (Wildman–Crippen LogP) is 2.84. The van der Waals surface area contributed by atoms with E-state index in [1.54, 1.807) is 6.07 Å². The van der Waals surface area contributed by atoms with Gasteiger partial charge in [0.2, 0.25) is 10.0 Å². The van der Waals surface area contributed by atoms with Crippen molar-refractivity contribution in [1.29, 1.82) is 0 Å². The van der Waals surface area contributed by atoms with Crippen LogP contribution in [0.1, 0.15) is 18.9 Å². The van der Waals surface area contributed by atoms with Gasteiger partial charge in [-0.1, -0.05) is 54.6 Å². The molecule has 172 valence electrons. The third-order valence-electron chi connectivity index (χ3n) is 6.04. The molecule has 32 heavy (non-hydrogen) atoms. The number of sulfonamides is 1. The Morgan fingerprint density at radius 2 is 1.84 bits per heavy atom. The van der Waals surface area contributed by atoms with Crippen LogP contribution < -0.4 is 4.72 Å². The van der Waals surface area contributed by atoms with Gasteiger partial charge in [-0.05, 0) is 30.0 Å². The number of likely N-dealkylation sites (tertiary alicyclic amines) is 1. The first-order chi connectivity index (χ1) is 15.2. The van der Waals surface area contributed by atoms with E-state index in [4.69, 9.17) is 4.74 Å². The van der Waals surface area contributed by atoms with E-state index in [9.17, 15) is 13.2 Å². The van der Waals surface area contributed by atoms with Crippen molar-refractivity contribution < 1.29 is 26.7 Å². The van der Waals surface area contributed by atoms with Gasteiger partial charge in [0, 0.05) is 6.42 Å². The van der Waals surface area contributed by atoms with Crippen molar-refractivity contribution in [2.45, 2.75) is 43.9 Å². The highest BCUT2D eigenvalue weighted by molar-refractivity contribution is 7.89. The molecule has 2 aromatic rings. The first-order valence-corrected chi connectivity index (χ1v) is 12.3. The molecular formula is C23H26F2N2O4S. The number of nitrogens with one attached hydrogen (secondary N) is 1. The van der Waals surface area contributed by atoms with E-state index in [-0.39, 0.29) is 12.2 Å². The van der Waals surface area contributed by atoms with Gasteiger partial charge in [-0.25, -0.2) is 21.9 Å². The second-order valence-electron chi connectivity index (χ2n) is 8.21. The third kappa shape index (κ3) is 4.69. The average Bonchev–Trinajstić information content (AvgIpc) is 2.97. The van der Waals surface area contributed by atoms with Gasteiger partial charge < -0.3 is 9.64 Å². The Balaban J connectivity index is 1.67. The summed E-state index contributed by atoms with van der Waals surface area (Å²) < 4.78 is 61.8. The van der Waals surface area contributed by atoms with Crippen LogP contribution in [0.15, 0.2) is 54.6 Å². The number of rotatable bonds is 7. The summed E-state index contributed by atoms with van der Waals surface area (Å²) >= 11 is 0. The lowest BCUT2D eigenvalue weighted by molar-refractivity contribution is -0.158. The molecule has 1 amide bonds. The van der Waals surface area contributed by atoms with Crippen LogP contribution in [-0.4, -0.2) is 62.2 Å². The maximum atomic E-state index is 15.0. The van der Waals surface area contributed by atoms with Crippen molar-refractivity contribution in [3.63, 3.8) is 0 Å². The SMILES string of the molecule is CCS(=O)(=O)N[C@@H]1[C@H](Cc2cccc(-c3ccccc3)c2)N(C(=O)C2CCO2)CC1(F)F. The lowest BCUT2D eigenvalue weighted by atomic mass is 9.96. The second-order valence-corrected chi connectivity index (χ2v) is 10.3. The molecule has 2 heterocycles. The minimum atomic E-state index is -3.91. The minimum Gasteiger partial charge on any atom is -0.368 e. The van der Waals surface area contributed by atoms with Crippen molar-refractivity contribution in [1.82, 2.24) is 9.62 Å². The summed E-state index contributed by atoms with van der Waals surface area (Å²) in [5, 5.41) is 0. The predicted molar refractivity (Wildman–Crippen MR) is 117 cm³/mol. The summed E-state index contributed by atoms with van der Waals surface area (Å²) in [5.74, 6) is -4.24. The van der Waals surface area contributed by atoms with Crippen LogP contribution in [0.3, 0.4) is 0 Å². The molecule has 0 saturated carbocycles. The van der Waals surface area contributed by atoms with Crippen LogP contribution in [0.25, 0.3) is 11.1 Å². The molecule has 2 saturated heterocycles. The van der Waals surface area contributed by atoms with Crippen molar-refractivity contribution in [2.24, 2.45) is 0 Å². The molecule has 0 bridgehead atoms. The van der Waals surface area contributed by atoms with Crippen LogP contribution in [0, 0.1) is 0 Å². The summed E-state index contributed by atoms with van der Waals surface area (Å²) in [6.45, 7) is 0.959. The molecular weight excluding hydrogens is 438 g/mol. The van der Waals surface area contributed by atoms with E-state index in [1.165, 1.54) is 6.92 Å². The molecule has 0 radical (unpaired) electrons. The van der Waals surface area contributed by atoms with Crippen molar-refractivity contribution in [3.05, 3.63) is 60.2 Å². The molecule has 2 aliphatic rings. The Morgan fingerprint density at radius 3 is 2.47 bits per heavy atom. The molecule has 0 aromatic heterocycles. The van der Waals surface area contributed by atoms with Gasteiger partial charge in [-0.3, -0.25) is 4.79 Å². The van der Waals surface area contributed by atoms with E-state index in [0.29, 0.717) is 13.0 Å². The Morgan fingerprint density at radius 1 is 1.16 bits per heavy atom. The zero-order valence-corrected chi connectivity index (χ0v) is 18.5. The topological polar surface area (TPSA) is 75.7 Å². The highest BCUT2D eigenvalue weighted by Gasteiger charge is 2.57. The van der Waals surface area contributed by atoms with Crippen LogP contribution in [0.4, 0.5) is 8.78 Å². The molecule has 6 nitrogen and oxygen atoms in total. The maximum absolute atomic E-state index is 15.0. The summed E-state index contributed by atoms with van der Waals surface area (Å²) in [6, 6.07) is 14.3.